The molecule has 5 heteroatoms. The normalized spacial score (nSPS) is 21.7. The zero-order valence-electron chi connectivity index (χ0n) is 22.2. The molecule has 0 saturated carbocycles. The van der Waals surface area contributed by atoms with Crippen LogP contribution in [-0.2, 0) is 9.47 Å². The van der Waals surface area contributed by atoms with E-state index in [1.165, 1.54) is 15.9 Å². The Kier molecular flexibility index (Phi) is 8.25. The van der Waals surface area contributed by atoms with E-state index in [9.17, 15) is 0 Å². The van der Waals surface area contributed by atoms with Crippen molar-refractivity contribution in [2.45, 2.75) is 26.2 Å². The molecule has 1 aliphatic heterocycles. The monoisotopic (exact) mass is 638 g/mol. The molecule has 4 atom stereocenters. The summed E-state index contributed by atoms with van der Waals surface area (Å²) in [5, 5.41) is 4.19. The molecule has 0 aromatic heterocycles. The Bertz CT molecular complexity index is 1220. The molecule has 0 amide bonds. The van der Waals surface area contributed by atoms with Crippen LogP contribution in [0, 0.1) is 11.8 Å². The third kappa shape index (κ3) is 5.04. The van der Waals surface area contributed by atoms with Crippen LogP contribution in [0.1, 0.15) is 25.7 Å². The van der Waals surface area contributed by atoms with Crippen LogP contribution >= 0.6 is 26.3 Å². The number of hydrogen-bond donors (Lipinski definition) is 0. The molecule has 1 saturated heterocycles. The van der Waals surface area contributed by atoms with Gasteiger partial charge in [-0.25, -0.2) is 0 Å². The first-order valence-corrected chi connectivity index (χ1v) is 18.5. The van der Waals surface area contributed by atoms with Gasteiger partial charge in [0.05, 0.1) is 0 Å². The molecular formula is C33H36IO3P. The summed E-state index contributed by atoms with van der Waals surface area (Å²) < 4.78 is 15.4. The summed E-state index contributed by atoms with van der Waals surface area (Å²) in [6, 6.07) is 41.4. The van der Waals surface area contributed by atoms with Crippen LogP contribution in [-0.4, -0.2) is 26.0 Å². The SMILES string of the molecule is COc1ccc([C@@H]2OC[C@H](C)[C@H]([C@@H](C)CP(I)(c3ccccc3)(c3ccccc3)c3ccccc3)O2)cc1. The Hall–Kier alpha value is -2.24. The fourth-order valence-electron chi connectivity index (χ4n) is 5.91. The number of rotatable bonds is 8. The maximum atomic E-state index is 6.77. The quantitative estimate of drug-likeness (QED) is 0.150. The number of halogens is 1. The molecule has 0 aliphatic carbocycles. The van der Waals surface area contributed by atoms with E-state index in [0.717, 1.165) is 17.5 Å². The molecule has 5 rings (SSSR count). The minimum atomic E-state index is -2.90. The predicted molar refractivity (Wildman–Crippen MR) is 169 cm³/mol. The first-order valence-electron chi connectivity index (χ1n) is 13.2. The summed E-state index contributed by atoms with van der Waals surface area (Å²) in [6.45, 7) is 5.29. The van der Waals surface area contributed by atoms with Crippen molar-refractivity contribution in [2.75, 3.05) is 19.9 Å². The average Bonchev–Trinajstić information content (AvgIpc) is 2.99. The van der Waals surface area contributed by atoms with Crippen LogP contribution in [0.3, 0.4) is 0 Å². The van der Waals surface area contributed by atoms with Crippen molar-refractivity contribution in [3.05, 3.63) is 121 Å². The predicted octanol–water partition coefficient (Wildman–Crippen LogP) is 7.26. The van der Waals surface area contributed by atoms with Crippen LogP contribution in [0.4, 0.5) is 0 Å². The fourth-order valence-corrected chi connectivity index (χ4v) is 15.9. The molecule has 0 N–H and O–H groups in total. The summed E-state index contributed by atoms with van der Waals surface area (Å²) in [7, 11) is 1.68. The van der Waals surface area contributed by atoms with E-state index in [-0.39, 0.29) is 24.2 Å². The second kappa shape index (κ2) is 11.5. The van der Waals surface area contributed by atoms with Gasteiger partial charge in [0.1, 0.15) is 0 Å². The molecule has 0 unspecified atom stereocenters. The van der Waals surface area contributed by atoms with Crippen molar-refractivity contribution < 1.29 is 14.2 Å². The van der Waals surface area contributed by atoms with Crippen molar-refractivity contribution in [3.63, 3.8) is 0 Å². The van der Waals surface area contributed by atoms with Gasteiger partial charge in [0.2, 0.25) is 0 Å². The van der Waals surface area contributed by atoms with Crippen molar-refractivity contribution in [1.29, 1.82) is 0 Å². The molecule has 0 spiro atoms. The summed E-state index contributed by atoms with van der Waals surface area (Å²) >= 11 is 2.88. The van der Waals surface area contributed by atoms with E-state index in [1.54, 1.807) is 7.11 Å². The summed E-state index contributed by atoms with van der Waals surface area (Å²) in [4.78, 5) is 0. The molecule has 1 aliphatic rings. The number of hydrogen-bond acceptors (Lipinski definition) is 3. The van der Waals surface area contributed by atoms with E-state index in [4.69, 9.17) is 14.2 Å². The van der Waals surface area contributed by atoms with Crippen LogP contribution < -0.4 is 20.7 Å². The Morgan fingerprint density at radius 1 is 0.789 bits per heavy atom. The van der Waals surface area contributed by atoms with Gasteiger partial charge >= 0.3 is 241 Å². The maximum absolute atomic E-state index is 6.77. The van der Waals surface area contributed by atoms with Crippen LogP contribution in [0.5, 0.6) is 5.75 Å². The van der Waals surface area contributed by atoms with E-state index in [2.05, 4.69) is 127 Å². The first kappa shape index (κ1) is 27.3. The van der Waals surface area contributed by atoms with Crippen molar-refractivity contribution in [1.82, 2.24) is 0 Å². The fraction of sp³-hybridized carbons (Fsp3) is 0.273. The van der Waals surface area contributed by atoms with Gasteiger partial charge in [-0.2, -0.15) is 0 Å². The molecule has 1 fully saturated rings. The van der Waals surface area contributed by atoms with E-state index >= 15 is 0 Å². The molecule has 198 valence electrons. The van der Waals surface area contributed by atoms with E-state index in [0.29, 0.717) is 6.61 Å². The third-order valence-electron chi connectivity index (χ3n) is 7.82. The zero-order valence-corrected chi connectivity index (χ0v) is 25.3. The van der Waals surface area contributed by atoms with Gasteiger partial charge in [0, 0.05) is 0 Å². The van der Waals surface area contributed by atoms with Crippen LogP contribution in [0.15, 0.2) is 115 Å². The van der Waals surface area contributed by atoms with Gasteiger partial charge in [0.25, 0.3) is 0 Å². The van der Waals surface area contributed by atoms with Crippen LogP contribution in [0.25, 0.3) is 0 Å². The van der Waals surface area contributed by atoms with E-state index < -0.39 is 4.25 Å². The number of methoxy groups -OCH3 is 1. The first-order chi connectivity index (χ1) is 18.4. The summed E-state index contributed by atoms with van der Waals surface area (Å²) in [5.74, 6) is 1.40. The second-order valence-electron chi connectivity index (χ2n) is 10.4. The van der Waals surface area contributed by atoms with Crippen molar-refractivity contribution >= 4 is 42.2 Å². The van der Waals surface area contributed by atoms with Crippen LogP contribution in [0.2, 0.25) is 0 Å². The van der Waals surface area contributed by atoms with Gasteiger partial charge in [-0.05, 0) is 0 Å². The molecular weight excluding hydrogens is 602 g/mol. The van der Waals surface area contributed by atoms with Gasteiger partial charge < -0.3 is 0 Å². The molecule has 1 heterocycles. The van der Waals surface area contributed by atoms with Gasteiger partial charge in [0.15, 0.2) is 0 Å². The van der Waals surface area contributed by atoms with Crippen molar-refractivity contribution in [2.24, 2.45) is 11.8 Å². The Labute approximate surface area is 239 Å². The molecule has 0 radical (unpaired) electrons. The molecule has 4 aromatic carbocycles. The minimum absolute atomic E-state index is 0.0586. The van der Waals surface area contributed by atoms with Gasteiger partial charge in [-0.1, -0.05) is 0 Å². The van der Waals surface area contributed by atoms with Gasteiger partial charge in [-0.3, -0.25) is 0 Å². The topological polar surface area (TPSA) is 27.7 Å². The molecule has 3 nitrogen and oxygen atoms in total. The Morgan fingerprint density at radius 2 is 1.26 bits per heavy atom. The summed E-state index contributed by atoms with van der Waals surface area (Å²) in [6.07, 6.45) is 0.673. The number of benzene rings is 4. The Balaban J connectivity index is 1.57. The van der Waals surface area contributed by atoms with Gasteiger partial charge in [-0.15, -0.1) is 0 Å². The summed E-state index contributed by atoms with van der Waals surface area (Å²) in [5.41, 5.74) is 1.02. The third-order valence-corrected chi connectivity index (χ3v) is 19.4. The molecule has 38 heavy (non-hydrogen) atoms. The Morgan fingerprint density at radius 3 is 1.71 bits per heavy atom. The van der Waals surface area contributed by atoms with E-state index in [1.807, 2.05) is 24.3 Å². The number of ether oxygens (including phenoxy) is 3. The zero-order chi connectivity index (χ0) is 26.6. The van der Waals surface area contributed by atoms with Crippen molar-refractivity contribution in [3.8, 4) is 5.75 Å². The standard InChI is InChI=1S/C33H36IO3P/c1-25-23-36-33(27-19-21-28(35-3)22-20-27)37-32(25)26(2)24-38(34,29-13-7-4-8-14-29,30-15-9-5-10-16-30)31-17-11-6-12-18-31/h4-22,25-26,32-33H,23-24H2,1-3H3/t25-,26-,32+,33+/m0/s1. The molecule has 4 aromatic rings. The average molecular weight is 639 g/mol. The molecule has 0 bridgehead atoms. The second-order valence-corrected chi connectivity index (χ2v) is 21.0.